The van der Waals surface area contributed by atoms with Crippen molar-refractivity contribution in [1.29, 1.82) is 0 Å². The van der Waals surface area contributed by atoms with Crippen LogP contribution in [0.3, 0.4) is 0 Å². The van der Waals surface area contributed by atoms with Gasteiger partial charge in [0.1, 0.15) is 5.69 Å². The van der Waals surface area contributed by atoms with Crippen molar-refractivity contribution in [2.24, 2.45) is 5.73 Å². The molecule has 21 heavy (non-hydrogen) atoms. The van der Waals surface area contributed by atoms with Gasteiger partial charge in [0, 0.05) is 17.6 Å². The Bertz CT molecular complexity index is 745. The molecule has 1 aromatic carbocycles. The number of hydrogen-bond donors (Lipinski definition) is 1. The largest absolute Gasteiger partial charge is 0.339 e. The summed E-state index contributed by atoms with van der Waals surface area (Å²) < 4.78 is 5.40. The zero-order valence-electron chi connectivity index (χ0n) is 12.2. The number of rotatable bonds is 4. The highest BCUT2D eigenvalue weighted by Crippen LogP contribution is 2.27. The molecule has 3 aromatic rings. The molecule has 0 amide bonds. The van der Waals surface area contributed by atoms with E-state index in [-0.39, 0.29) is 12.0 Å². The molecular weight excluding hydrogens is 264 g/mol. The van der Waals surface area contributed by atoms with Crippen molar-refractivity contribution in [3.8, 4) is 11.5 Å². The van der Waals surface area contributed by atoms with E-state index in [4.69, 9.17) is 10.3 Å². The second kappa shape index (κ2) is 5.61. The Morgan fingerprint density at radius 1 is 1.24 bits per heavy atom. The van der Waals surface area contributed by atoms with E-state index in [1.165, 1.54) is 0 Å². The first-order valence-electron chi connectivity index (χ1n) is 7.14. The van der Waals surface area contributed by atoms with Crippen LogP contribution in [0.5, 0.6) is 0 Å². The third kappa shape index (κ3) is 2.52. The first kappa shape index (κ1) is 13.7. The highest BCUT2D eigenvalue weighted by atomic mass is 16.5. The molecule has 0 saturated carbocycles. The molecule has 5 heteroatoms. The summed E-state index contributed by atoms with van der Waals surface area (Å²) in [5.74, 6) is 1.17. The van der Waals surface area contributed by atoms with Crippen molar-refractivity contribution in [3.05, 3.63) is 42.4 Å². The molecular formula is C16H18N4O. The lowest BCUT2D eigenvalue weighted by atomic mass is 9.99. The minimum atomic E-state index is -0.0243. The van der Waals surface area contributed by atoms with Crippen LogP contribution in [0.1, 0.15) is 32.1 Å². The zero-order valence-corrected chi connectivity index (χ0v) is 12.2. The summed E-state index contributed by atoms with van der Waals surface area (Å²) in [7, 11) is 0. The van der Waals surface area contributed by atoms with Gasteiger partial charge in [0.2, 0.25) is 11.7 Å². The lowest BCUT2D eigenvalue weighted by Gasteiger charge is -2.13. The molecule has 5 nitrogen and oxygen atoms in total. The van der Waals surface area contributed by atoms with Crippen LogP contribution in [0.25, 0.3) is 22.3 Å². The van der Waals surface area contributed by atoms with Gasteiger partial charge in [-0.05, 0) is 24.8 Å². The SMILES string of the molecule is CCC(c1nc(-c2nccc3ccccc23)no1)C(C)N. The third-order valence-corrected chi connectivity index (χ3v) is 3.72. The number of nitrogens with zero attached hydrogens (tertiary/aromatic N) is 3. The Morgan fingerprint density at radius 3 is 2.81 bits per heavy atom. The molecule has 3 rings (SSSR count). The molecule has 108 valence electrons. The number of fused-ring (bicyclic) bond motifs is 1. The second-order valence-electron chi connectivity index (χ2n) is 5.21. The average Bonchev–Trinajstić information content (AvgIpc) is 2.96. The van der Waals surface area contributed by atoms with Crippen LogP contribution in [0.15, 0.2) is 41.1 Å². The number of hydrogen-bond acceptors (Lipinski definition) is 5. The van der Waals surface area contributed by atoms with Gasteiger partial charge in [0.05, 0.1) is 5.92 Å². The van der Waals surface area contributed by atoms with Crippen LogP contribution in [-0.2, 0) is 0 Å². The maximum atomic E-state index is 5.97. The van der Waals surface area contributed by atoms with E-state index in [2.05, 4.69) is 22.0 Å². The fraction of sp³-hybridized carbons (Fsp3) is 0.312. The Morgan fingerprint density at radius 2 is 2.05 bits per heavy atom. The number of benzene rings is 1. The monoisotopic (exact) mass is 282 g/mol. The van der Waals surface area contributed by atoms with E-state index in [9.17, 15) is 0 Å². The molecule has 0 radical (unpaired) electrons. The molecule has 0 bridgehead atoms. The average molecular weight is 282 g/mol. The van der Waals surface area contributed by atoms with Gasteiger partial charge in [-0.25, -0.2) is 0 Å². The van der Waals surface area contributed by atoms with E-state index < -0.39 is 0 Å². The minimum Gasteiger partial charge on any atom is -0.339 e. The minimum absolute atomic E-state index is 0.0243. The van der Waals surface area contributed by atoms with Crippen molar-refractivity contribution >= 4 is 10.8 Å². The predicted molar refractivity (Wildman–Crippen MR) is 81.7 cm³/mol. The lowest BCUT2D eigenvalue weighted by Crippen LogP contribution is -2.24. The Hall–Kier alpha value is -2.27. The van der Waals surface area contributed by atoms with Crippen molar-refractivity contribution in [1.82, 2.24) is 15.1 Å². The molecule has 0 spiro atoms. The van der Waals surface area contributed by atoms with Crippen molar-refractivity contribution in [2.45, 2.75) is 32.2 Å². The van der Waals surface area contributed by atoms with Crippen molar-refractivity contribution < 1.29 is 4.52 Å². The van der Waals surface area contributed by atoms with Crippen LogP contribution < -0.4 is 5.73 Å². The van der Waals surface area contributed by atoms with Gasteiger partial charge < -0.3 is 10.3 Å². The van der Waals surface area contributed by atoms with E-state index in [1.807, 2.05) is 37.3 Å². The molecule has 2 N–H and O–H groups in total. The lowest BCUT2D eigenvalue weighted by molar-refractivity contribution is 0.334. The third-order valence-electron chi connectivity index (χ3n) is 3.72. The van der Waals surface area contributed by atoms with Crippen LogP contribution in [-0.4, -0.2) is 21.2 Å². The summed E-state index contributed by atoms with van der Waals surface area (Å²) in [5.41, 5.74) is 6.71. The molecule has 2 aromatic heterocycles. The maximum Gasteiger partial charge on any atom is 0.231 e. The summed E-state index contributed by atoms with van der Waals surface area (Å²) in [6.07, 6.45) is 2.62. The first-order valence-corrected chi connectivity index (χ1v) is 7.14. The van der Waals surface area contributed by atoms with Gasteiger partial charge in [-0.15, -0.1) is 0 Å². The molecule has 0 fully saturated rings. The Kier molecular flexibility index (Phi) is 3.66. The van der Waals surface area contributed by atoms with Gasteiger partial charge in [-0.2, -0.15) is 4.98 Å². The van der Waals surface area contributed by atoms with E-state index >= 15 is 0 Å². The fourth-order valence-corrected chi connectivity index (χ4v) is 2.55. The molecule has 0 aliphatic carbocycles. The van der Waals surface area contributed by atoms with E-state index in [1.54, 1.807) is 6.20 Å². The number of nitrogens with two attached hydrogens (primary N) is 1. The number of aromatic nitrogens is 3. The standard InChI is InChI=1S/C16H18N4O/c1-3-12(10(2)17)16-19-15(20-21-16)14-13-7-5-4-6-11(13)8-9-18-14/h4-10,12H,3,17H2,1-2H3. The van der Waals surface area contributed by atoms with Crippen LogP contribution in [0.4, 0.5) is 0 Å². The van der Waals surface area contributed by atoms with E-state index in [0.29, 0.717) is 11.7 Å². The van der Waals surface area contributed by atoms with E-state index in [0.717, 1.165) is 22.9 Å². The quantitative estimate of drug-likeness (QED) is 0.795. The van der Waals surface area contributed by atoms with Gasteiger partial charge >= 0.3 is 0 Å². The van der Waals surface area contributed by atoms with Crippen molar-refractivity contribution in [2.75, 3.05) is 0 Å². The predicted octanol–water partition coefficient (Wildman–Crippen LogP) is 3.13. The highest BCUT2D eigenvalue weighted by molar-refractivity contribution is 5.92. The zero-order chi connectivity index (χ0) is 14.8. The van der Waals surface area contributed by atoms with Crippen LogP contribution >= 0.6 is 0 Å². The smallest absolute Gasteiger partial charge is 0.231 e. The number of pyridine rings is 1. The highest BCUT2D eigenvalue weighted by Gasteiger charge is 2.22. The second-order valence-corrected chi connectivity index (χ2v) is 5.21. The van der Waals surface area contributed by atoms with Crippen LogP contribution in [0, 0.1) is 0 Å². The molecule has 0 saturated heterocycles. The fourth-order valence-electron chi connectivity index (χ4n) is 2.55. The molecule has 2 unspecified atom stereocenters. The van der Waals surface area contributed by atoms with Gasteiger partial charge in [0.25, 0.3) is 0 Å². The topological polar surface area (TPSA) is 77.8 Å². The van der Waals surface area contributed by atoms with Crippen molar-refractivity contribution in [3.63, 3.8) is 0 Å². The molecule has 0 aliphatic heterocycles. The summed E-state index contributed by atoms with van der Waals surface area (Å²) in [5, 5.41) is 6.20. The Labute approximate surface area is 123 Å². The normalized spacial score (nSPS) is 14.2. The maximum absolute atomic E-state index is 5.97. The first-order chi connectivity index (χ1) is 10.2. The van der Waals surface area contributed by atoms with Gasteiger partial charge in [-0.3, -0.25) is 4.98 Å². The summed E-state index contributed by atoms with van der Waals surface area (Å²) in [6.45, 7) is 4.02. The Balaban J connectivity index is 2.06. The van der Waals surface area contributed by atoms with Gasteiger partial charge in [-0.1, -0.05) is 36.3 Å². The summed E-state index contributed by atoms with van der Waals surface area (Å²) in [6, 6.07) is 9.97. The van der Waals surface area contributed by atoms with Crippen LogP contribution in [0.2, 0.25) is 0 Å². The molecule has 0 aliphatic rings. The molecule has 2 atom stereocenters. The molecule has 2 heterocycles. The van der Waals surface area contributed by atoms with Gasteiger partial charge in [0.15, 0.2) is 0 Å². The summed E-state index contributed by atoms with van der Waals surface area (Å²) in [4.78, 5) is 8.91. The summed E-state index contributed by atoms with van der Waals surface area (Å²) >= 11 is 0.